The first-order valence-electron chi connectivity index (χ1n) is 8.43. The van der Waals surface area contributed by atoms with Gasteiger partial charge in [-0.05, 0) is 36.4 Å². The summed E-state index contributed by atoms with van der Waals surface area (Å²) in [4.78, 5) is 5.20. The fraction of sp³-hybridized carbons (Fsp3) is 0.0526. The quantitative estimate of drug-likeness (QED) is 0.0744. The van der Waals surface area contributed by atoms with Gasteiger partial charge in [-0.25, -0.2) is 0 Å². The van der Waals surface area contributed by atoms with E-state index in [2.05, 4.69) is 8.80 Å². The molecule has 0 aliphatic rings. The second kappa shape index (κ2) is 13.6. The molecule has 0 spiro atoms. The van der Waals surface area contributed by atoms with Crippen LogP contribution in [0.2, 0.25) is 0 Å². The van der Waals surface area contributed by atoms with Crippen LogP contribution in [0.15, 0.2) is 86.5 Å². The molecule has 3 rings (SSSR count). The van der Waals surface area contributed by atoms with E-state index in [1.54, 1.807) is 60.3 Å². The number of sulfonamides is 1. The van der Waals surface area contributed by atoms with Gasteiger partial charge in [0.05, 0.1) is 28.7 Å². The zero-order chi connectivity index (χ0) is 22.5. The molecule has 0 unspecified atom stereocenters. The minimum atomic E-state index is -3.73. The molecule has 12 heteroatoms. The number of halogens is 2. The van der Waals surface area contributed by atoms with Gasteiger partial charge in [0.25, 0.3) is 10.0 Å². The maximum absolute atomic E-state index is 12.2. The van der Waals surface area contributed by atoms with Crippen LogP contribution in [-0.2, 0) is 34.5 Å². The van der Waals surface area contributed by atoms with E-state index in [-0.39, 0.29) is 18.0 Å². The van der Waals surface area contributed by atoms with E-state index in [0.29, 0.717) is 11.4 Å². The fourth-order valence-electron chi connectivity index (χ4n) is 2.20. The number of aromatic nitrogens is 1. The molecular weight excluding hydrogens is 525 g/mol. The van der Waals surface area contributed by atoms with Crippen molar-refractivity contribution < 1.29 is 30.8 Å². The molecule has 0 amide bonds. The molecule has 0 N–H and O–H groups in total. The van der Waals surface area contributed by atoms with Crippen LogP contribution in [0.5, 0.6) is 5.75 Å². The Kier molecular flexibility index (Phi) is 11.2. The summed E-state index contributed by atoms with van der Waals surface area (Å²) in [5.74, 6) is 0.571. The number of hydrogen-bond acceptors (Lipinski definition) is 6. The Morgan fingerprint density at radius 1 is 0.935 bits per heavy atom. The first-order chi connectivity index (χ1) is 15.0. The van der Waals surface area contributed by atoms with Gasteiger partial charge in [0, 0.05) is 7.05 Å². The van der Waals surface area contributed by atoms with Gasteiger partial charge in [0.2, 0.25) is 0 Å². The van der Waals surface area contributed by atoms with Crippen LogP contribution in [0.3, 0.4) is 0 Å². The third kappa shape index (κ3) is 8.70. The summed E-state index contributed by atoms with van der Waals surface area (Å²) in [5, 5.41) is 0. The molecule has 0 saturated carbocycles. The minimum absolute atomic E-state index is 0.147. The molecule has 0 atom stereocenters. The van der Waals surface area contributed by atoms with Gasteiger partial charge < -0.3 is 9.45 Å². The van der Waals surface area contributed by atoms with Gasteiger partial charge in [0.1, 0.15) is 0 Å². The zero-order valence-electron chi connectivity index (χ0n) is 16.0. The molecule has 1 aromatic heterocycles. The average Bonchev–Trinajstić information content (AvgIpc) is 3.13. The number of nitrogens with zero attached hydrogens (tertiary/aromatic N) is 3. The van der Waals surface area contributed by atoms with E-state index in [4.69, 9.17) is 29.4 Å². The molecule has 0 aliphatic carbocycles. The Morgan fingerprint density at radius 3 is 2.10 bits per heavy atom. The molecule has 166 valence electrons. The summed E-state index contributed by atoms with van der Waals surface area (Å²) < 4.78 is 38.9. The third-order valence-electron chi connectivity index (χ3n) is 3.70. The number of rotatable bonds is 8. The standard InChI is InChI=1S/C19H17N3O4S2.2ClH.Fe/c1-22-16(14-20-27-26-25-18-8-4-2-5-9-18)12-13-17(22)15-21-28(23,24)19-10-6-3-7-11-19;;;/h2-15H,1H3;2*1H;/q;;;+2/p-2/b20-14+,21-15+;;;. The summed E-state index contributed by atoms with van der Waals surface area (Å²) in [7, 11) is 7.57. The van der Waals surface area contributed by atoms with Crippen molar-refractivity contribution in [3.05, 3.63) is 84.2 Å². The molecule has 0 bridgehead atoms. The molecule has 0 saturated heterocycles. The first-order valence-corrected chi connectivity index (χ1v) is 13.6. The summed E-state index contributed by atoms with van der Waals surface area (Å²) in [6.45, 7) is 0. The molecule has 7 nitrogen and oxygen atoms in total. The van der Waals surface area contributed by atoms with Crippen molar-refractivity contribution in [2.45, 2.75) is 4.90 Å². The fourth-order valence-corrected chi connectivity index (χ4v) is 3.37. The second-order valence-corrected chi connectivity index (χ2v) is 9.54. The summed E-state index contributed by atoms with van der Waals surface area (Å²) in [6.07, 6.45) is 2.88. The Bertz CT molecular complexity index is 1100. The maximum atomic E-state index is 12.2. The molecule has 0 radical (unpaired) electrons. The molecular formula is C19H17Cl2FeN3O4S2. The number of hydrogen-bond donors (Lipinski definition) is 0. The SMILES string of the molecule is Cn1c(/C=N/SOOc2ccccc2)ccc1/C=N/S(=O)(=O)c1ccccc1.[Cl][Fe][Cl]. The third-order valence-corrected chi connectivity index (χ3v) is 5.27. The molecule has 0 aliphatic heterocycles. The van der Waals surface area contributed by atoms with Crippen molar-refractivity contribution in [3.63, 3.8) is 0 Å². The van der Waals surface area contributed by atoms with Crippen LogP contribution in [0, 0.1) is 0 Å². The van der Waals surface area contributed by atoms with E-state index in [1.807, 2.05) is 18.2 Å². The van der Waals surface area contributed by atoms with Crippen molar-refractivity contribution >= 4 is 54.9 Å². The number of benzene rings is 2. The van der Waals surface area contributed by atoms with E-state index in [1.165, 1.54) is 18.3 Å². The van der Waals surface area contributed by atoms with Crippen molar-refractivity contribution in [1.29, 1.82) is 0 Å². The zero-order valence-corrected chi connectivity index (χ0v) is 20.2. The number of para-hydroxylation sites is 1. The monoisotopic (exact) mass is 541 g/mol. The molecule has 31 heavy (non-hydrogen) atoms. The van der Waals surface area contributed by atoms with E-state index in [9.17, 15) is 8.42 Å². The predicted molar refractivity (Wildman–Crippen MR) is 122 cm³/mol. The molecule has 3 aromatic rings. The summed E-state index contributed by atoms with van der Waals surface area (Å²) >= 11 is 0.975. The van der Waals surface area contributed by atoms with E-state index < -0.39 is 10.0 Å². The summed E-state index contributed by atoms with van der Waals surface area (Å²) in [5.41, 5.74) is 1.36. The summed E-state index contributed by atoms with van der Waals surface area (Å²) in [6, 6.07) is 20.7. The van der Waals surface area contributed by atoms with Gasteiger partial charge in [0.15, 0.2) is 18.0 Å². The van der Waals surface area contributed by atoms with Crippen LogP contribution in [-0.4, -0.2) is 25.4 Å². The van der Waals surface area contributed by atoms with Gasteiger partial charge in [-0.2, -0.15) is 17.2 Å². The van der Waals surface area contributed by atoms with Gasteiger partial charge in [-0.1, -0.05) is 40.7 Å². The Morgan fingerprint density at radius 2 is 1.48 bits per heavy atom. The van der Waals surface area contributed by atoms with Crippen LogP contribution >= 0.6 is 32.4 Å². The van der Waals surface area contributed by atoms with Crippen molar-refractivity contribution in [3.8, 4) is 5.75 Å². The molecule has 1 heterocycles. The van der Waals surface area contributed by atoms with Gasteiger partial charge >= 0.3 is 33.3 Å². The van der Waals surface area contributed by atoms with Crippen molar-refractivity contribution in [2.24, 2.45) is 15.8 Å². The topological polar surface area (TPSA) is 82.2 Å². The van der Waals surface area contributed by atoms with Crippen molar-refractivity contribution in [2.75, 3.05) is 0 Å². The van der Waals surface area contributed by atoms with Crippen molar-refractivity contribution in [1.82, 2.24) is 4.57 Å². The van der Waals surface area contributed by atoms with E-state index >= 15 is 0 Å². The van der Waals surface area contributed by atoms with Crippen LogP contribution in [0.25, 0.3) is 0 Å². The average molecular weight is 542 g/mol. The van der Waals surface area contributed by atoms with Crippen LogP contribution < -0.4 is 4.89 Å². The van der Waals surface area contributed by atoms with Gasteiger partial charge in [-0.3, -0.25) is 0 Å². The molecule has 2 aromatic carbocycles. The predicted octanol–water partition coefficient (Wildman–Crippen LogP) is 5.20. The van der Waals surface area contributed by atoms with Gasteiger partial charge in [-0.15, -0.1) is 0 Å². The Labute approximate surface area is 200 Å². The normalized spacial score (nSPS) is 11.6. The van der Waals surface area contributed by atoms with Crippen LogP contribution in [0.1, 0.15) is 11.4 Å². The second-order valence-electron chi connectivity index (χ2n) is 5.59. The Hall–Kier alpha value is -1.78. The first kappa shape index (κ1) is 25.5. The molecule has 0 fully saturated rings. The van der Waals surface area contributed by atoms with Crippen LogP contribution in [0.4, 0.5) is 0 Å². The Balaban J connectivity index is 0.00000107. The van der Waals surface area contributed by atoms with E-state index in [0.717, 1.165) is 17.9 Å².